The molecule has 0 radical (unpaired) electrons. The first-order valence-electron chi connectivity index (χ1n) is 9.90. The van der Waals surface area contributed by atoms with Gasteiger partial charge in [0, 0.05) is 54.4 Å². The van der Waals surface area contributed by atoms with Crippen LogP contribution in [0, 0.1) is 0 Å². The molecule has 28 heavy (non-hydrogen) atoms. The number of aromatic nitrogens is 2. The van der Waals surface area contributed by atoms with E-state index in [2.05, 4.69) is 41.4 Å². The molecule has 0 spiro atoms. The zero-order valence-electron chi connectivity index (χ0n) is 16.2. The van der Waals surface area contributed by atoms with E-state index in [-0.39, 0.29) is 0 Å². The maximum absolute atomic E-state index is 6.07. The molecular formula is C23H25ClN4. The van der Waals surface area contributed by atoms with Crippen molar-refractivity contribution in [2.24, 2.45) is 0 Å². The third-order valence-electron chi connectivity index (χ3n) is 5.15. The Morgan fingerprint density at radius 3 is 2.36 bits per heavy atom. The summed E-state index contributed by atoms with van der Waals surface area (Å²) in [5.74, 6) is 1.88. The van der Waals surface area contributed by atoms with Gasteiger partial charge < -0.3 is 10.2 Å². The molecule has 1 aromatic heterocycles. The molecule has 5 heteroatoms. The topological polar surface area (TPSA) is 41.1 Å². The van der Waals surface area contributed by atoms with Crippen molar-refractivity contribution in [2.45, 2.75) is 19.8 Å². The summed E-state index contributed by atoms with van der Waals surface area (Å²) in [5, 5.41) is 4.20. The molecule has 4 nitrogen and oxygen atoms in total. The van der Waals surface area contributed by atoms with Gasteiger partial charge in [-0.3, -0.25) is 0 Å². The van der Waals surface area contributed by atoms with E-state index in [1.165, 1.54) is 11.1 Å². The first-order valence-corrected chi connectivity index (χ1v) is 10.3. The maximum Gasteiger partial charge on any atom is 0.161 e. The number of anilines is 1. The Morgan fingerprint density at radius 2 is 1.68 bits per heavy atom. The van der Waals surface area contributed by atoms with E-state index in [9.17, 15) is 0 Å². The Balaban J connectivity index is 1.80. The molecule has 1 aliphatic heterocycles. The fraction of sp³-hybridized carbons (Fsp3) is 0.304. The van der Waals surface area contributed by atoms with E-state index in [1.54, 1.807) is 0 Å². The first kappa shape index (κ1) is 18.9. The molecule has 0 atom stereocenters. The number of aryl methyl sites for hydroxylation is 1. The number of rotatable bonds is 5. The second-order valence-corrected chi connectivity index (χ2v) is 7.49. The second kappa shape index (κ2) is 8.72. The molecule has 144 valence electrons. The van der Waals surface area contributed by atoms with Gasteiger partial charge in [-0.05, 0) is 24.1 Å². The molecule has 1 N–H and O–H groups in total. The van der Waals surface area contributed by atoms with Crippen LogP contribution in [0.1, 0.15) is 23.7 Å². The second-order valence-electron chi connectivity index (χ2n) is 7.06. The molecule has 0 unspecified atom stereocenters. The summed E-state index contributed by atoms with van der Waals surface area (Å²) in [4.78, 5) is 12.4. The van der Waals surface area contributed by atoms with Gasteiger partial charge in [-0.25, -0.2) is 9.97 Å². The Kier molecular flexibility index (Phi) is 5.89. The zero-order valence-corrected chi connectivity index (χ0v) is 16.9. The Morgan fingerprint density at radius 1 is 0.964 bits per heavy atom. The molecule has 4 rings (SSSR count). The van der Waals surface area contributed by atoms with Crippen LogP contribution in [0.2, 0.25) is 5.02 Å². The van der Waals surface area contributed by atoms with Crippen LogP contribution in [-0.4, -0.2) is 36.1 Å². The van der Waals surface area contributed by atoms with Crippen molar-refractivity contribution in [3.8, 4) is 11.4 Å². The molecule has 2 heterocycles. The summed E-state index contributed by atoms with van der Waals surface area (Å²) in [6.45, 7) is 6.05. The van der Waals surface area contributed by atoms with Crippen molar-refractivity contribution >= 4 is 17.4 Å². The van der Waals surface area contributed by atoms with Crippen LogP contribution in [-0.2, 0) is 12.8 Å². The van der Waals surface area contributed by atoms with Crippen molar-refractivity contribution in [1.29, 1.82) is 0 Å². The van der Waals surface area contributed by atoms with Gasteiger partial charge in [-0.15, -0.1) is 0 Å². The maximum atomic E-state index is 6.07. The van der Waals surface area contributed by atoms with Crippen LogP contribution in [0.15, 0.2) is 54.6 Å². The van der Waals surface area contributed by atoms with Crippen LogP contribution in [0.25, 0.3) is 11.4 Å². The average molecular weight is 393 g/mol. The number of nitrogens with zero attached hydrogens (tertiary/aromatic N) is 3. The van der Waals surface area contributed by atoms with Gasteiger partial charge in [0.2, 0.25) is 0 Å². The highest BCUT2D eigenvalue weighted by atomic mass is 35.5. The summed E-state index contributed by atoms with van der Waals surface area (Å²) in [5.41, 5.74) is 4.64. The van der Waals surface area contributed by atoms with Gasteiger partial charge in [0.1, 0.15) is 5.82 Å². The van der Waals surface area contributed by atoms with E-state index >= 15 is 0 Å². The van der Waals surface area contributed by atoms with Crippen LogP contribution in [0.3, 0.4) is 0 Å². The number of benzene rings is 2. The van der Waals surface area contributed by atoms with Crippen molar-refractivity contribution < 1.29 is 0 Å². The Bertz CT molecular complexity index is 919. The molecular weight excluding hydrogens is 368 g/mol. The Hall–Kier alpha value is -2.43. The molecule has 0 bridgehead atoms. The highest BCUT2D eigenvalue weighted by Gasteiger charge is 2.21. The van der Waals surface area contributed by atoms with Gasteiger partial charge in [-0.2, -0.15) is 0 Å². The van der Waals surface area contributed by atoms with Crippen LogP contribution in [0.4, 0.5) is 5.82 Å². The van der Waals surface area contributed by atoms with Crippen molar-refractivity contribution in [2.75, 3.05) is 31.1 Å². The predicted octanol–water partition coefficient (Wildman–Crippen LogP) is 4.36. The van der Waals surface area contributed by atoms with Crippen molar-refractivity contribution in [1.82, 2.24) is 15.3 Å². The Labute approximate surface area is 171 Å². The standard InChI is InChI=1S/C23H25ClN4/c1-2-21-20(16-17-8-10-19(24)11-9-17)23(28-14-12-25-13-15-28)27-22(26-21)18-6-4-3-5-7-18/h3-11,25H,2,12-16H2,1H3. The lowest BCUT2D eigenvalue weighted by Crippen LogP contribution is -2.44. The number of halogens is 1. The summed E-state index contributed by atoms with van der Waals surface area (Å²) >= 11 is 6.07. The quantitative estimate of drug-likeness (QED) is 0.700. The summed E-state index contributed by atoms with van der Waals surface area (Å²) in [7, 11) is 0. The average Bonchev–Trinajstić information content (AvgIpc) is 2.76. The van der Waals surface area contributed by atoms with E-state index in [0.29, 0.717) is 0 Å². The lowest BCUT2D eigenvalue weighted by atomic mass is 10.0. The van der Waals surface area contributed by atoms with Gasteiger partial charge in [0.15, 0.2) is 5.82 Å². The van der Waals surface area contributed by atoms with Gasteiger partial charge >= 0.3 is 0 Å². The fourth-order valence-corrected chi connectivity index (χ4v) is 3.78. The fourth-order valence-electron chi connectivity index (χ4n) is 3.65. The zero-order chi connectivity index (χ0) is 19.3. The van der Waals surface area contributed by atoms with Gasteiger partial charge in [0.25, 0.3) is 0 Å². The van der Waals surface area contributed by atoms with Gasteiger partial charge in [0.05, 0.1) is 0 Å². The van der Waals surface area contributed by atoms with Crippen LogP contribution < -0.4 is 10.2 Å². The number of hydrogen-bond acceptors (Lipinski definition) is 4. The predicted molar refractivity (Wildman–Crippen MR) is 116 cm³/mol. The lowest BCUT2D eigenvalue weighted by molar-refractivity contribution is 0.582. The normalized spacial score (nSPS) is 14.3. The molecule has 2 aromatic carbocycles. The monoisotopic (exact) mass is 392 g/mol. The molecule has 0 aliphatic carbocycles. The molecule has 1 fully saturated rings. The molecule has 1 aliphatic rings. The van der Waals surface area contributed by atoms with Gasteiger partial charge in [-0.1, -0.05) is 61.0 Å². The minimum atomic E-state index is 0.762. The highest BCUT2D eigenvalue weighted by molar-refractivity contribution is 6.30. The number of nitrogens with one attached hydrogen (secondary N) is 1. The SMILES string of the molecule is CCc1nc(-c2ccccc2)nc(N2CCNCC2)c1Cc1ccc(Cl)cc1. The van der Waals surface area contributed by atoms with E-state index in [0.717, 1.165) is 66.9 Å². The number of piperazine rings is 1. The minimum absolute atomic E-state index is 0.762. The molecule has 0 amide bonds. The number of hydrogen-bond donors (Lipinski definition) is 1. The largest absolute Gasteiger partial charge is 0.354 e. The molecule has 3 aromatic rings. The lowest BCUT2D eigenvalue weighted by Gasteiger charge is -2.31. The highest BCUT2D eigenvalue weighted by Crippen LogP contribution is 2.28. The van der Waals surface area contributed by atoms with Crippen LogP contribution in [0.5, 0.6) is 0 Å². The summed E-state index contributed by atoms with van der Waals surface area (Å²) < 4.78 is 0. The first-order chi connectivity index (χ1) is 13.7. The van der Waals surface area contributed by atoms with E-state index in [1.807, 2.05) is 30.3 Å². The van der Waals surface area contributed by atoms with Crippen molar-refractivity contribution in [3.63, 3.8) is 0 Å². The third-order valence-corrected chi connectivity index (χ3v) is 5.40. The van der Waals surface area contributed by atoms with E-state index < -0.39 is 0 Å². The smallest absolute Gasteiger partial charge is 0.161 e. The third kappa shape index (κ3) is 4.18. The molecule has 0 saturated carbocycles. The molecule has 1 saturated heterocycles. The van der Waals surface area contributed by atoms with Crippen LogP contribution >= 0.6 is 11.6 Å². The van der Waals surface area contributed by atoms with E-state index in [4.69, 9.17) is 21.6 Å². The van der Waals surface area contributed by atoms with Crippen molar-refractivity contribution in [3.05, 3.63) is 76.4 Å². The minimum Gasteiger partial charge on any atom is -0.354 e. The summed E-state index contributed by atoms with van der Waals surface area (Å²) in [6.07, 6.45) is 1.69. The summed E-state index contributed by atoms with van der Waals surface area (Å²) in [6, 6.07) is 18.3.